The van der Waals surface area contributed by atoms with Crippen molar-refractivity contribution in [3.05, 3.63) is 63.5 Å². The number of anilines is 2. The number of piperidine rings is 1. The van der Waals surface area contributed by atoms with Crippen LogP contribution in [0.15, 0.2) is 42.5 Å². The second kappa shape index (κ2) is 13.2. The Balaban J connectivity index is 1.55. The van der Waals surface area contributed by atoms with Crippen LogP contribution in [0.2, 0.25) is 5.02 Å². The molecule has 0 bridgehead atoms. The number of aromatic nitrogens is 1. The van der Waals surface area contributed by atoms with E-state index in [9.17, 15) is 22.8 Å². The van der Waals surface area contributed by atoms with Gasteiger partial charge in [0.15, 0.2) is 5.13 Å². The van der Waals surface area contributed by atoms with Gasteiger partial charge in [0.05, 0.1) is 22.0 Å². The van der Waals surface area contributed by atoms with Crippen LogP contribution in [0.3, 0.4) is 0 Å². The number of alkyl halides is 3. The third-order valence-corrected chi connectivity index (χ3v) is 8.39. The third-order valence-electron chi connectivity index (χ3n) is 7.14. The monoisotopic (exact) mass is 607 g/mol. The van der Waals surface area contributed by atoms with Crippen LogP contribution in [0.25, 0.3) is 11.3 Å². The van der Waals surface area contributed by atoms with E-state index in [0.717, 1.165) is 42.1 Å². The Hall–Kier alpha value is -3.15. The second-order valence-electron chi connectivity index (χ2n) is 10.2. The van der Waals surface area contributed by atoms with Crippen molar-refractivity contribution < 1.29 is 22.8 Å². The molecule has 1 aliphatic rings. The van der Waals surface area contributed by atoms with Gasteiger partial charge in [0, 0.05) is 41.6 Å². The molecule has 0 unspecified atom stereocenters. The third kappa shape index (κ3) is 7.78. The average molecular weight is 608 g/mol. The number of amides is 2. The summed E-state index contributed by atoms with van der Waals surface area (Å²) in [5.41, 5.74) is 6.51. The topological polar surface area (TPSA) is 91.6 Å². The first-order valence-corrected chi connectivity index (χ1v) is 14.7. The van der Waals surface area contributed by atoms with E-state index in [1.165, 1.54) is 17.4 Å². The van der Waals surface area contributed by atoms with Crippen molar-refractivity contribution in [3.8, 4) is 11.3 Å². The van der Waals surface area contributed by atoms with Gasteiger partial charge in [0.1, 0.15) is 0 Å². The van der Waals surface area contributed by atoms with E-state index in [0.29, 0.717) is 54.3 Å². The Morgan fingerprint density at radius 3 is 2.56 bits per heavy atom. The molecule has 1 aromatic heterocycles. The lowest BCUT2D eigenvalue weighted by molar-refractivity contribution is -0.137. The SMILES string of the molecule is CCCCN(C)Cc1sc(NC(=O)c2ccc(N3CCC(C(N)=O)CC3)c(Cl)c2)nc1-c1cccc(C(F)(F)F)c1. The van der Waals surface area contributed by atoms with Crippen LogP contribution in [0.4, 0.5) is 24.0 Å². The quantitative estimate of drug-likeness (QED) is 0.269. The molecule has 220 valence electrons. The van der Waals surface area contributed by atoms with E-state index in [1.807, 2.05) is 7.05 Å². The number of thiazole rings is 1. The molecule has 0 aliphatic carbocycles. The number of hydrogen-bond donors (Lipinski definition) is 2. The average Bonchev–Trinajstić information content (AvgIpc) is 3.33. The number of halogens is 4. The van der Waals surface area contributed by atoms with Crippen molar-refractivity contribution in [2.24, 2.45) is 11.7 Å². The van der Waals surface area contributed by atoms with Gasteiger partial charge >= 0.3 is 6.18 Å². The predicted octanol–water partition coefficient (Wildman–Crippen LogP) is 6.67. The molecule has 0 spiro atoms. The van der Waals surface area contributed by atoms with Crippen molar-refractivity contribution in [1.82, 2.24) is 9.88 Å². The highest BCUT2D eigenvalue weighted by molar-refractivity contribution is 7.16. The van der Waals surface area contributed by atoms with E-state index in [4.69, 9.17) is 17.3 Å². The summed E-state index contributed by atoms with van der Waals surface area (Å²) < 4.78 is 40.2. The van der Waals surface area contributed by atoms with Crippen LogP contribution in [0.1, 0.15) is 53.4 Å². The Kier molecular flexibility index (Phi) is 9.93. The molecule has 0 saturated carbocycles. The molecular weight excluding hydrogens is 575 g/mol. The van der Waals surface area contributed by atoms with Gasteiger partial charge in [0.2, 0.25) is 5.91 Å². The largest absolute Gasteiger partial charge is 0.416 e. The molecule has 41 heavy (non-hydrogen) atoms. The number of carbonyl (C=O) groups is 2. The lowest BCUT2D eigenvalue weighted by atomic mass is 9.96. The van der Waals surface area contributed by atoms with Crippen LogP contribution in [-0.4, -0.2) is 48.4 Å². The van der Waals surface area contributed by atoms with Crippen LogP contribution >= 0.6 is 22.9 Å². The Morgan fingerprint density at radius 2 is 1.93 bits per heavy atom. The zero-order valence-electron chi connectivity index (χ0n) is 22.9. The highest BCUT2D eigenvalue weighted by Crippen LogP contribution is 2.37. The second-order valence-corrected chi connectivity index (χ2v) is 11.7. The predicted molar refractivity (Wildman–Crippen MR) is 157 cm³/mol. The highest BCUT2D eigenvalue weighted by Gasteiger charge is 2.31. The first-order chi connectivity index (χ1) is 19.5. The zero-order valence-corrected chi connectivity index (χ0v) is 24.5. The Morgan fingerprint density at radius 1 is 1.20 bits per heavy atom. The molecule has 3 aromatic rings. The molecule has 1 saturated heterocycles. The molecular formula is C29H33ClF3N5O2S. The van der Waals surface area contributed by atoms with Crippen molar-refractivity contribution in [2.75, 3.05) is 36.9 Å². The number of hydrogen-bond acceptors (Lipinski definition) is 6. The molecule has 1 aliphatic heterocycles. The summed E-state index contributed by atoms with van der Waals surface area (Å²) in [6.45, 7) is 4.65. The van der Waals surface area contributed by atoms with Crippen molar-refractivity contribution >= 4 is 45.6 Å². The molecule has 2 heterocycles. The van der Waals surface area contributed by atoms with Gasteiger partial charge in [-0.05, 0) is 63.2 Å². The number of unbranched alkanes of at least 4 members (excludes halogenated alkanes) is 1. The molecule has 2 amide bonds. The highest BCUT2D eigenvalue weighted by atomic mass is 35.5. The smallest absolute Gasteiger partial charge is 0.370 e. The number of rotatable bonds is 10. The van der Waals surface area contributed by atoms with Gasteiger partial charge in [-0.1, -0.05) is 48.4 Å². The van der Waals surface area contributed by atoms with Crippen molar-refractivity contribution in [1.29, 1.82) is 0 Å². The zero-order chi connectivity index (χ0) is 29.7. The number of nitrogens with two attached hydrogens (primary N) is 1. The van der Waals surface area contributed by atoms with Crippen LogP contribution in [0.5, 0.6) is 0 Å². The number of nitrogens with zero attached hydrogens (tertiary/aromatic N) is 3. The molecule has 1 fully saturated rings. The van der Waals surface area contributed by atoms with E-state index in [1.54, 1.807) is 24.3 Å². The normalized spacial score (nSPS) is 14.5. The van der Waals surface area contributed by atoms with Gasteiger partial charge in [0.25, 0.3) is 5.91 Å². The molecule has 0 radical (unpaired) electrons. The maximum Gasteiger partial charge on any atom is 0.416 e. The van der Waals surface area contributed by atoms with Gasteiger partial charge in [-0.3, -0.25) is 14.9 Å². The lowest BCUT2D eigenvalue weighted by Gasteiger charge is -2.33. The van der Waals surface area contributed by atoms with Gasteiger partial charge in [-0.2, -0.15) is 13.2 Å². The fourth-order valence-corrected chi connectivity index (χ4v) is 6.17. The fourth-order valence-electron chi connectivity index (χ4n) is 4.81. The molecule has 3 N–H and O–H groups in total. The van der Waals surface area contributed by atoms with Crippen molar-refractivity contribution in [2.45, 2.75) is 45.3 Å². The summed E-state index contributed by atoms with van der Waals surface area (Å²) in [5.74, 6) is -0.872. The number of primary amides is 1. The van der Waals surface area contributed by atoms with Gasteiger partial charge < -0.3 is 15.5 Å². The summed E-state index contributed by atoms with van der Waals surface area (Å²) in [6.07, 6.45) is -1.20. The van der Waals surface area contributed by atoms with Crippen LogP contribution in [-0.2, 0) is 17.5 Å². The van der Waals surface area contributed by atoms with Crippen LogP contribution < -0.4 is 16.0 Å². The van der Waals surface area contributed by atoms with E-state index in [-0.39, 0.29) is 17.0 Å². The minimum Gasteiger partial charge on any atom is -0.370 e. The maximum absolute atomic E-state index is 13.4. The number of benzene rings is 2. The summed E-state index contributed by atoms with van der Waals surface area (Å²) >= 11 is 7.78. The number of nitrogens with one attached hydrogen (secondary N) is 1. The first kappa shape index (κ1) is 30.8. The summed E-state index contributed by atoms with van der Waals surface area (Å²) in [6, 6.07) is 10.1. The molecule has 2 aromatic carbocycles. The maximum atomic E-state index is 13.4. The lowest BCUT2D eigenvalue weighted by Crippen LogP contribution is -2.38. The molecule has 12 heteroatoms. The molecule has 0 atom stereocenters. The van der Waals surface area contributed by atoms with E-state index >= 15 is 0 Å². The van der Waals surface area contributed by atoms with Gasteiger partial charge in [-0.25, -0.2) is 4.98 Å². The van der Waals surface area contributed by atoms with E-state index in [2.05, 4.69) is 27.0 Å². The van der Waals surface area contributed by atoms with Crippen LogP contribution in [0, 0.1) is 5.92 Å². The standard InChI is InChI=1S/C29H33ClF3N5O2S/c1-3-4-12-37(2)17-24-25(19-6-5-7-21(15-19)29(31,32)33)35-28(41-24)36-27(40)20-8-9-23(22(30)16-20)38-13-10-18(11-14-38)26(34)39/h5-9,15-16,18H,3-4,10-14,17H2,1-2H3,(H2,34,39)(H,35,36,40). The summed E-state index contributed by atoms with van der Waals surface area (Å²) in [4.78, 5) is 34.1. The minimum atomic E-state index is -4.48. The first-order valence-electron chi connectivity index (χ1n) is 13.5. The minimum absolute atomic E-state index is 0.148. The number of carbonyl (C=O) groups excluding carboxylic acids is 2. The Bertz CT molecular complexity index is 1390. The van der Waals surface area contributed by atoms with Gasteiger partial charge in [-0.15, -0.1) is 0 Å². The molecule has 4 rings (SSSR count). The molecule has 7 nitrogen and oxygen atoms in total. The summed E-state index contributed by atoms with van der Waals surface area (Å²) in [7, 11) is 1.95. The summed E-state index contributed by atoms with van der Waals surface area (Å²) in [5, 5.41) is 3.49. The van der Waals surface area contributed by atoms with E-state index < -0.39 is 17.6 Å². The Labute approximate surface area is 246 Å². The van der Waals surface area contributed by atoms with Crippen molar-refractivity contribution in [3.63, 3.8) is 0 Å². The fraction of sp³-hybridized carbons (Fsp3) is 0.414.